The second kappa shape index (κ2) is 15.0. The molecule has 0 amide bonds. The highest BCUT2D eigenvalue weighted by Gasteiger charge is 2.26. The second-order valence-corrected chi connectivity index (χ2v) is 12.8. The van der Waals surface area contributed by atoms with Gasteiger partial charge in [-0.25, -0.2) is 4.98 Å². The summed E-state index contributed by atoms with van der Waals surface area (Å²) < 4.78 is 18.4. The SMILES string of the molecule is Cc1c(COc2ccc3c(c2)OCCC3N(C)CC(=O)O)cccc1-c1cccc(-c2nc3cc(CNCC(O)CO)cc(Cl)c3o2)c1C. The van der Waals surface area contributed by atoms with Gasteiger partial charge in [0.25, 0.3) is 0 Å². The van der Waals surface area contributed by atoms with Gasteiger partial charge in [-0.15, -0.1) is 0 Å². The number of fused-ring (bicyclic) bond motifs is 2. The quantitative estimate of drug-likeness (QED) is 0.112. The van der Waals surface area contributed by atoms with Crippen LogP contribution >= 0.6 is 11.6 Å². The molecule has 0 aliphatic carbocycles. The maximum atomic E-state index is 11.3. The van der Waals surface area contributed by atoms with E-state index in [1.54, 1.807) is 0 Å². The maximum Gasteiger partial charge on any atom is 0.317 e. The van der Waals surface area contributed by atoms with Gasteiger partial charge in [-0.05, 0) is 78.5 Å². The van der Waals surface area contributed by atoms with E-state index in [0.29, 0.717) is 47.5 Å². The molecule has 0 fully saturated rings. The number of carboxylic acids is 1. The third-order valence-electron chi connectivity index (χ3n) is 9.03. The third kappa shape index (κ3) is 7.59. The predicted molar refractivity (Wildman–Crippen MR) is 188 cm³/mol. The minimum Gasteiger partial charge on any atom is -0.493 e. The van der Waals surface area contributed by atoms with Crippen LogP contribution in [0.1, 0.15) is 40.3 Å². The normalized spacial score (nSPS) is 14.9. The van der Waals surface area contributed by atoms with E-state index in [9.17, 15) is 15.0 Å². The third-order valence-corrected chi connectivity index (χ3v) is 9.31. The first-order chi connectivity index (χ1) is 23.6. The van der Waals surface area contributed by atoms with E-state index in [-0.39, 0.29) is 25.7 Å². The molecule has 5 aromatic rings. The molecule has 4 N–H and O–H groups in total. The maximum absolute atomic E-state index is 11.3. The van der Waals surface area contributed by atoms with E-state index < -0.39 is 12.1 Å². The van der Waals surface area contributed by atoms with Crippen molar-refractivity contribution in [3.8, 4) is 34.1 Å². The molecule has 2 heterocycles. The lowest BCUT2D eigenvalue weighted by Crippen LogP contribution is -2.33. The minimum atomic E-state index is -0.858. The Morgan fingerprint density at radius 3 is 2.61 bits per heavy atom. The number of hydrogen-bond acceptors (Lipinski definition) is 9. The molecule has 4 aromatic carbocycles. The summed E-state index contributed by atoms with van der Waals surface area (Å²) in [6.45, 7) is 5.38. The highest BCUT2D eigenvalue weighted by atomic mass is 35.5. The highest BCUT2D eigenvalue weighted by molar-refractivity contribution is 6.34. The summed E-state index contributed by atoms with van der Waals surface area (Å²) in [5, 5.41) is 31.5. The number of carbonyl (C=O) groups is 1. The van der Waals surface area contributed by atoms with Crippen molar-refractivity contribution in [1.29, 1.82) is 0 Å². The Balaban J connectivity index is 1.21. The van der Waals surface area contributed by atoms with E-state index >= 15 is 0 Å². The number of nitrogens with one attached hydrogen (secondary N) is 1. The molecule has 49 heavy (non-hydrogen) atoms. The molecule has 0 spiro atoms. The zero-order chi connectivity index (χ0) is 34.7. The van der Waals surface area contributed by atoms with Crippen molar-refractivity contribution in [2.75, 3.05) is 33.4 Å². The first kappa shape index (κ1) is 34.4. The molecular weight excluding hydrogens is 646 g/mol. The van der Waals surface area contributed by atoms with Crippen LogP contribution in [0.5, 0.6) is 11.5 Å². The molecule has 0 radical (unpaired) electrons. The summed E-state index contributed by atoms with van der Waals surface area (Å²) in [7, 11) is 1.82. The Hall–Kier alpha value is -4.45. The number of likely N-dealkylation sites (N-methyl/N-ethyl adjacent to an activating group) is 1. The highest BCUT2D eigenvalue weighted by Crippen LogP contribution is 2.39. The summed E-state index contributed by atoms with van der Waals surface area (Å²) in [5.74, 6) is 1.01. The summed E-state index contributed by atoms with van der Waals surface area (Å²) in [4.78, 5) is 17.9. The standard InChI is InChI=1S/C38H40ClN3O7/c1-22-25(21-48-27-10-11-31-34(42(3)19-36(45)46)12-13-47-35(31)16-27)6-4-7-28(22)29-8-5-9-30(23(29)2)38-41-33-15-24(14-32(39)37(33)49-38)17-40-18-26(44)20-43/h4-11,14-16,26,34,40,43-44H,12-13,17-21H2,1-3H3,(H,45,46). The zero-order valence-electron chi connectivity index (χ0n) is 27.7. The van der Waals surface area contributed by atoms with E-state index in [0.717, 1.165) is 56.7 Å². The number of hydrogen-bond donors (Lipinski definition) is 4. The van der Waals surface area contributed by atoms with Gasteiger partial charge in [0, 0.05) is 42.7 Å². The van der Waals surface area contributed by atoms with Crippen LogP contribution in [0, 0.1) is 13.8 Å². The molecule has 1 aromatic heterocycles. The summed E-state index contributed by atoms with van der Waals surface area (Å²) >= 11 is 6.59. The number of aromatic nitrogens is 1. The lowest BCUT2D eigenvalue weighted by atomic mass is 9.91. The van der Waals surface area contributed by atoms with Crippen LogP contribution in [-0.4, -0.2) is 70.6 Å². The van der Waals surface area contributed by atoms with E-state index in [1.165, 1.54) is 0 Å². The van der Waals surface area contributed by atoms with Crippen molar-refractivity contribution in [3.05, 3.63) is 99.6 Å². The van der Waals surface area contributed by atoms with Gasteiger partial charge in [-0.3, -0.25) is 9.69 Å². The minimum absolute atomic E-state index is 0.0305. The van der Waals surface area contributed by atoms with Gasteiger partial charge in [-0.2, -0.15) is 0 Å². The number of aliphatic hydroxyl groups excluding tert-OH is 2. The van der Waals surface area contributed by atoms with Gasteiger partial charge >= 0.3 is 5.97 Å². The van der Waals surface area contributed by atoms with Crippen molar-refractivity contribution in [1.82, 2.24) is 15.2 Å². The summed E-state index contributed by atoms with van der Waals surface area (Å²) in [6.07, 6.45) is -0.105. The molecule has 11 heteroatoms. The number of oxazole rings is 1. The molecule has 0 saturated carbocycles. The molecule has 2 unspecified atom stereocenters. The number of rotatable bonds is 13. The van der Waals surface area contributed by atoms with Crippen molar-refractivity contribution in [3.63, 3.8) is 0 Å². The monoisotopic (exact) mass is 685 g/mol. The Morgan fingerprint density at radius 1 is 1.08 bits per heavy atom. The van der Waals surface area contributed by atoms with Crippen LogP contribution in [0.3, 0.4) is 0 Å². The van der Waals surface area contributed by atoms with Gasteiger partial charge < -0.3 is 34.5 Å². The number of carboxylic acid groups (broad SMARTS) is 1. The molecule has 1 aliphatic heterocycles. The summed E-state index contributed by atoms with van der Waals surface area (Å²) in [6, 6.07) is 21.7. The number of aliphatic carboxylic acids is 1. The number of aliphatic hydroxyl groups is 2. The fraction of sp³-hybridized carbons (Fsp3) is 0.316. The molecule has 6 rings (SSSR count). The van der Waals surface area contributed by atoms with E-state index in [4.69, 9.17) is 35.6 Å². The molecule has 0 bridgehead atoms. The Bertz CT molecular complexity index is 1980. The van der Waals surface area contributed by atoms with Crippen molar-refractivity contribution >= 4 is 28.7 Å². The van der Waals surface area contributed by atoms with Crippen molar-refractivity contribution < 1.29 is 34.0 Å². The van der Waals surface area contributed by atoms with Crippen LogP contribution in [0.15, 0.2) is 71.1 Å². The largest absolute Gasteiger partial charge is 0.493 e. The van der Waals surface area contributed by atoms with Crippen LogP contribution in [0.2, 0.25) is 5.02 Å². The van der Waals surface area contributed by atoms with E-state index in [1.807, 2.05) is 60.5 Å². The van der Waals surface area contributed by atoms with Crippen LogP contribution in [-0.2, 0) is 17.9 Å². The van der Waals surface area contributed by atoms with Gasteiger partial charge in [0.2, 0.25) is 5.89 Å². The molecule has 256 valence electrons. The van der Waals surface area contributed by atoms with Crippen LogP contribution < -0.4 is 14.8 Å². The summed E-state index contributed by atoms with van der Waals surface area (Å²) in [5.41, 5.74) is 9.13. The molecule has 2 atom stereocenters. The number of nitrogens with zero attached hydrogens (tertiary/aromatic N) is 2. The van der Waals surface area contributed by atoms with Gasteiger partial charge in [0.05, 0.1) is 30.9 Å². The first-order valence-electron chi connectivity index (χ1n) is 16.2. The molecule has 10 nitrogen and oxygen atoms in total. The smallest absolute Gasteiger partial charge is 0.317 e. The number of ether oxygens (including phenoxy) is 2. The van der Waals surface area contributed by atoms with Crippen molar-refractivity contribution in [2.45, 2.75) is 45.6 Å². The number of benzene rings is 4. The number of halogens is 1. The molecule has 0 saturated heterocycles. The van der Waals surface area contributed by atoms with Gasteiger partial charge in [0.15, 0.2) is 5.58 Å². The Kier molecular flexibility index (Phi) is 10.5. The molecular formula is C38H40ClN3O7. The average Bonchev–Trinajstić information content (AvgIpc) is 3.52. The topological polar surface area (TPSA) is 138 Å². The van der Waals surface area contributed by atoms with Crippen LogP contribution in [0.25, 0.3) is 33.7 Å². The van der Waals surface area contributed by atoms with Crippen LogP contribution in [0.4, 0.5) is 0 Å². The van der Waals surface area contributed by atoms with E-state index in [2.05, 4.69) is 37.4 Å². The Labute approximate surface area is 289 Å². The van der Waals surface area contributed by atoms with Gasteiger partial charge in [0.1, 0.15) is 23.6 Å². The fourth-order valence-corrected chi connectivity index (χ4v) is 6.66. The second-order valence-electron chi connectivity index (χ2n) is 12.4. The predicted octanol–water partition coefficient (Wildman–Crippen LogP) is 6.29. The zero-order valence-corrected chi connectivity index (χ0v) is 28.5. The molecule has 1 aliphatic rings. The fourth-order valence-electron chi connectivity index (χ4n) is 6.39. The average molecular weight is 686 g/mol. The Morgan fingerprint density at radius 2 is 1.84 bits per heavy atom. The lowest BCUT2D eigenvalue weighted by Gasteiger charge is -2.32. The first-order valence-corrected chi connectivity index (χ1v) is 16.6. The van der Waals surface area contributed by atoms with Gasteiger partial charge in [-0.1, -0.05) is 48.0 Å². The van der Waals surface area contributed by atoms with Crippen molar-refractivity contribution in [2.24, 2.45) is 0 Å². The lowest BCUT2D eigenvalue weighted by molar-refractivity contribution is -0.138.